The van der Waals surface area contributed by atoms with Gasteiger partial charge in [-0.3, -0.25) is 0 Å². The summed E-state index contributed by atoms with van der Waals surface area (Å²) >= 11 is -2.43. The van der Waals surface area contributed by atoms with E-state index in [1.807, 2.05) is 0 Å². The number of hydrogen-bond acceptors (Lipinski definition) is 4. The van der Waals surface area contributed by atoms with E-state index in [4.69, 9.17) is 5.29 Å². The zero-order valence-electron chi connectivity index (χ0n) is 17.9. The van der Waals surface area contributed by atoms with Crippen LogP contribution in [0.2, 0.25) is 0 Å². The summed E-state index contributed by atoms with van der Waals surface area (Å²) in [5, 5.41) is 0. The Balaban J connectivity index is 1.32. The molecule has 5 heteroatoms. The third-order valence-electron chi connectivity index (χ3n) is 10.6. The normalized spacial score (nSPS) is 45.6. The Hall–Kier alpha value is -0.125. The Bertz CT molecular complexity index is 615. The molecular formula is C22H34HgO4. The summed E-state index contributed by atoms with van der Waals surface area (Å²) in [7, 11) is 0. The molecule has 0 aromatic carbocycles. The topological polar surface area (TPSA) is 52.6 Å². The van der Waals surface area contributed by atoms with Crippen LogP contribution >= 0.6 is 0 Å². The van der Waals surface area contributed by atoms with Crippen molar-refractivity contribution in [1.29, 1.82) is 0 Å². The van der Waals surface area contributed by atoms with Gasteiger partial charge in [0.1, 0.15) is 0 Å². The average Bonchev–Trinajstić information content (AvgIpc) is 3.12. The van der Waals surface area contributed by atoms with E-state index in [9.17, 15) is 9.59 Å². The number of carbonyl (C=O) groups is 2. The zero-order valence-corrected chi connectivity index (χ0v) is 23.4. The molecule has 148 valence electrons. The van der Waals surface area contributed by atoms with Gasteiger partial charge < -0.3 is 0 Å². The van der Waals surface area contributed by atoms with Crippen molar-refractivity contribution in [2.24, 2.45) is 45.3 Å². The molecule has 4 saturated carbocycles. The molecule has 0 heterocycles. The molecule has 6 atom stereocenters. The van der Waals surface area contributed by atoms with Gasteiger partial charge in [0.2, 0.25) is 0 Å². The van der Waals surface area contributed by atoms with E-state index in [0.717, 1.165) is 25.7 Å². The number of fused-ring (bicyclic) bond motifs is 4. The molecule has 4 aliphatic carbocycles. The molecule has 0 amide bonds. The number of hydrogen-bond donors (Lipinski definition) is 0. The molecule has 27 heavy (non-hydrogen) atoms. The molecule has 0 spiro atoms. The predicted molar refractivity (Wildman–Crippen MR) is 97.6 cm³/mol. The van der Waals surface area contributed by atoms with E-state index in [2.05, 4.69) is 41.5 Å². The van der Waals surface area contributed by atoms with Gasteiger partial charge in [-0.15, -0.1) is 0 Å². The van der Waals surface area contributed by atoms with E-state index in [0.29, 0.717) is 11.8 Å². The Kier molecular flexibility index (Phi) is 4.62. The van der Waals surface area contributed by atoms with E-state index in [-0.39, 0.29) is 45.4 Å². The van der Waals surface area contributed by atoms with Crippen LogP contribution in [0.3, 0.4) is 0 Å². The first-order chi connectivity index (χ1) is 12.4. The van der Waals surface area contributed by atoms with Crippen LogP contribution in [0.4, 0.5) is 0 Å². The molecule has 0 aromatic rings. The van der Waals surface area contributed by atoms with Crippen LogP contribution in [-0.4, -0.2) is 11.9 Å². The summed E-state index contributed by atoms with van der Waals surface area (Å²) in [6.07, 6.45) is 6.56. The van der Waals surface area contributed by atoms with E-state index < -0.39 is 25.5 Å². The van der Waals surface area contributed by atoms with Gasteiger partial charge in [-0.05, 0) is 0 Å². The van der Waals surface area contributed by atoms with Crippen LogP contribution < -0.4 is 0 Å². The van der Waals surface area contributed by atoms with Gasteiger partial charge in [0.25, 0.3) is 0 Å². The molecule has 0 unspecified atom stereocenters. The third-order valence-corrected chi connectivity index (χ3v) is 13.7. The van der Waals surface area contributed by atoms with Crippen LogP contribution in [0.15, 0.2) is 0 Å². The summed E-state index contributed by atoms with van der Waals surface area (Å²) in [6.45, 7) is 13.7. The molecule has 0 aliphatic heterocycles. The predicted octanol–water partition coefficient (Wildman–Crippen LogP) is 4.91. The first kappa shape index (κ1) is 20.2. The summed E-state index contributed by atoms with van der Waals surface area (Å²) in [6, 6.07) is 0. The van der Waals surface area contributed by atoms with Crippen molar-refractivity contribution in [2.45, 2.75) is 80.1 Å². The summed E-state index contributed by atoms with van der Waals surface area (Å²) < 4.78 is 11.3. The number of rotatable bonds is 4. The van der Waals surface area contributed by atoms with E-state index >= 15 is 0 Å². The first-order valence-corrected chi connectivity index (χ1v) is 15.3. The summed E-state index contributed by atoms with van der Waals surface area (Å²) in [5.74, 6) is 1.06. The molecule has 4 fully saturated rings. The molecule has 4 aliphatic rings. The van der Waals surface area contributed by atoms with Crippen LogP contribution in [0.25, 0.3) is 0 Å². The maximum absolute atomic E-state index is 12.8. The SMILES string of the molecule is CC1(C)[C@H]2CC[C@]1(C)[C@H](C(=O)[O][Hg][O]C(=O)[C@@H]1C[C@@H]3CC[C@@]1(C)C3(C)C)C2. The van der Waals surface area contributed by atoms with Crippen LogP contribution in [0, 0.1) is 45.3 Å². The van der Waals surface area contributed by atoms with Gasteiger partial charge in [0.15, 0.2) is 0 Å². The molecule has 4 nitrogen and oxygen atoms in total. The molecule has 4 bridgehead atoms. The van der Waals surface area contributed by atoms with Crippen molar-refractivity contribution < 1.29 is 40.4 Å². The Labute approximate surface area is 177 Å². The second kappa shape index (κ2) is 6.19. The molecule has 0 N–H and O–H groups in total. The Morgan fingerprint density at radius 3 is 1.37 bits per heavy atom. The fourth-order valence-electron chi connectivity index (χ4n) is 7.47. The van der Waals surface area contributed by atoms with Crippen molar-refractivity contribution in [1.82, 2.24) is 0 Å². The second-order valence-corrected chi connectivity index (χ2v) is 14.5. The minimum absolute atomic E-state index is 0.0103. The molecule has 4 rings (SSSR count). The summed E-state index contributed by atoms with van der Waals surface area (Å²) in [4.78, 5) is 25.5. The van der Waals surface area contributed by atoms with Crippen molar-refractivity contribution in [2.75, 3.05) is 0 Å². The molecular weight excluding hydrogens is 529 g/mol. The Morgan fingerprint density at radius 1 is 0.741 bits per heavy atom. The molecule has 0 aromatic heterocycles. The standard InChI is InChI=1S/2C11H18O2.Hg/c2*1-10(2)7-4-5-11(10,3)8(6-7)9(12)13;/h2*7-8H,4-6H2,1-3H3,(H,12,13);/q;;+2/p-2/t2*7-,8-,11+;/m00./s1. The van der Waals surface area contributed by atoms with E-state index in [1.165, 1.54) is 12.8 Å². The van der Waals surface area contributed by atoms with Gasteiger partial charge in [-0.2, -0.15) is 0 Å². The monoisotopic (exact) mass is 564 g/mol. The minimum atomic E-state index is -2.43. The van der Waals surface area contributed by atoms with Crippen molar-refractivity contribution in [3.8, 4) is 0 Å². The fraction of sp³-hybridized carbons (Fsp3) is 0.909. The van der Waals surface area contributed by atoms with Gasteiger partial charge in [0, 0.05) is 0 Å². The van der Waals surface area contributed by atoms with Crippen LogP contribution in [0.1, 0.15) is 80.1 Å². The van der Waals surface area contributed by atoms with Gasteiger partial charge in [-0.1, -0.05) is 0 Å². The average molecular weight is 563 g/mol. The fourth-order valence-corrected chi connectivity index (χ4v) is 10.2. The van der Waals surface area contributed by atoms with Crippen molar-refractivity contribution in [3.63, 3.8) is 0 Å². The summed E-state index contributed by atoms with van der Waals surface area (Å²) in [5.41, 5.74) is 0.477. The van der Waals surface area contributed by atoms with Gasteiger partial charge in [0.05, 0.1) is 0 Å². The molecule has 0 radical (unpaired) electrons. The first-order valence-electron chi connectivity index (χ1n) is 10.8. The third kappa shape index (κ3) is 2.56. The zero-order chi connectivity index (χ0) is 19.8. The second-order valence-electron chi connectivity index (χ2n) is 11.4. The quantitative estimate of drug-likeness (QED) is 0.457. The van der Waals surface area contributed by atoms with E-state index in [1.54, 1.807) is 0 Å². The molecule has 0 saturated heterocycles. The van der Waals surface area contributed by atoms with Crippen LogP contribution in [0.5, 0.6) is 0 Å². The van der Waals surface area contributed by atoms with Crippen molar-refractivity contribution in [3.05, 3.63) is 0 Å². The van der Waals surface area contributed by atoms with Gasteiger partial charge >= 0.3 is 178 Å². The number of carbonyl (C=O) groups excluding carboxylic acids is 2. The van der Waals surface area contributed by atoms with Gasteiger partial charge in [-0.25, -0.2) is 0 Å². The Morgan fingerprint density at radius 2 is 1.11 bits per heavy atom. The maximum atomic E-state index is 12.8. The van der Waals surface area contributed by atoms with Crippen LogP contribution in [-0.2, 0) is 40.4 Å². The van der Waals surface area contributed by atoms with Crippen molar-refractivity contribution >= 4 is 11.9 Å².